The fraction of sp³-hybridized carbons (Fsp3) is 0.370. The van der Waals surface area contributed by atoms with Crippen LogP contribution in [0.3, 0.4) is 0 Å². The van der Waals surface area contributed by atoms with Crippen LogP contribution in [0.1, 0.15) is 52.4 Å². The summed E-state index contributed by atoms with van der Waals surface area (Å²) in [6.07, 6.45) is 7.36. The fourth-order valence-corrected chi connectivity index (χ4v) is 5.07. The zero-order chi connectivity index (χ0) is 21.9. The molecule has 166 valence electrons. The van der Waals surface area contributed by atoms with Crippen LogP contribution in [0, 0.1) is 0 Å². The Morgan fingerprint density at radius 2 is 1.34 bits per heavy atom. The van der Waals surface area contributed by atoms with Gasteiger partial charge in [-0.05, 0) is 36.4 Å². The first-order valence-electron chi connectivity index (χ1n) is 11.5. The summed E-state index contributed by atoms with van der Waals surface area (Å²) in [7, 11) is 0. The summed E-state index contributed by atoms with van der Waals surface area (Å²) < 4.78 is 3.26. The third kappa shape index (κ3) is 7.73. The summed E-state index contributed by atoms with van der Waals surface area (Å²) in [4.78, 5) is 2.42. The van der Waals surface area contributed by atoms with Crippen molar-refractivity contribution < 1.29 is 27.3 Å². The van der Waals surface area contributed by atoms with Gasteiger partial charge in [0.2, 0.25) is 0 Å². The van der Waals surface area contributed by atoms with Crippen LogP contribution in [0.2, 0.25) is 0 Å². The zero-order valence-electron chi connectivity index (χ0n) is 19.5. The molecule has 3 aromatic rings. The van der Waals surface area contributed by atoms with E-state index in [1.54, 1.807) is 11.9 Å². The normalized spacial score (nSPS) is 10.6. The van der Waals surface area contributed by atoms with Crippen molar-refractivity contribution in [3.8, 4) is 0 Å². The Labute approximate surface area is 224 Å². The molecule has 2 nitrogen and oxygen atoms in total. The number of hydrogen-bond acceptors (Lipinski definition) is 3. The van der Waals surface area contributed by atoms with Gasteiger partial charge < -0.3 is 4.90 Å². The minimum absolute atomic E-state index is 0. The van der Waals surface area contributed by atoms with E-state index in [2.05, 4.69) is 95.8 Å². The van der Waals surface area contributed by atoms with Crippen LogP contribution >= 0.6 is 24.2 Å². The molecule has 0 unspecified atom stereocenters. The maximum atomic E-state index is 6.02. The number of unbranched alkanes of at least 4 members (excludes halogenated alkanes) is 4. The first-order valence-corrected chi connectivity index (χ1v) is 12.7. The van der Waals surface area contributed by atoms with Crippen molar-refractivity contribution in [3.05, 3.63) is 72.8 Å². The van der Waals surface area contributed by atoms with Gasteiger partial charge in [0.15, 0.2) is 4.32 Å². The van der Waals surface area contributed by atoms with E-state index in [9.17, 15) is 0 Å². The molecule has 0 bridgehead atoms. The van der Waals surface area contributed by atoms with E-state index in [0.717, 1.165) is 23.1 Å². The second-order valence-corrected chi connectivity index (χ2v) is 9.47. The summed E-state index contributed by atoms with van der Waals surface area (Å²) >= 11 is 7.70. The largest absolute Gasteiger partial charge is 0.356 e. The number of hydrogen-bond donors (Lipinski definition) is 0. The van der Waals surface area contributed by atoms with Crippen molar-refractivity contribution in [1.82, 2.24) is 4.90 Å². The predicted octanol–water partition coefficient (Wildman–Crippen LogP) is 8.59. The fourth-order valence-electron chi connectivity index (χ4n) is 3.73. The molecule has 0 aliphatic heterocycles. The number of anilines is 2. The topological polar surface area (TPSA) is 6.48 Å². The molecule has 3 aromatic carbocycles. The average Bonchev–Trinajstić information content (AvgIpc) is 2.82. The first kappa shape index (κ1) is 27.1. The van der Waals surface area contributed by atoms with Gasteiger partial charge in [0.1, 0.15) is 0 Å². The molecule has 5 heteroatoms. The molecule has 0 fully saturated rings. The number of nitrogens with zero attached hydrogens (tertiary/aromatic N) is 2. The Kier molecular flexibility index (Phi) is 12.6. The third-order valence-corrected chi connectivity index (χ3v) is 6.95. The van der Waals surface area contributed by atoms with Crippen LogP contribution in [0.5, 0.6) is 0 Å². The van der Waals surface area contributed by atoms with Crippen LogP contribution in [0.4, 0.5) is 11.4 Å². The summed E-state index contributed by atoms with van der Waals surface area (Å²) in [6, 6.07) is 25.7. The molecule has 0 aliphatic rings. The first-order chi connectivity index (χ1) is 15.2. The van der Waals surface area contributed by atoms with Crippen molar-refractivity contribution in [2.75, 3.05) is 17.4 Å². The quantitative estimate of drug-likeness (QED) is 0.0998. The number of para-hydroxylation sites is 1. The molecular formula is C27H34CdN2S2. The van der Waals surface area contributed by atoms with E-state index in [1.165, 1.54) is 55.0 Å². The molecule has 0 aliphatic carbocycles. The van der Waals surface area contributed by atoms with Crippen molar-refractivity contribution in [2.45, 2.75) is 52.4 Å². The van der Waals surface area contributed by atoms with Gasteiger partial charge in [0.25, 0.3) is 0 Å². The van der Waals surface area contributed by atoms with Crippen LogP contribution in [-0.4, -0.2) is 22.3 Å². The molecule has 32 heavy (non-hydrogen) atoms. The summed E-state index contributed by atoms with van der Waals surface area (Å²) in [5, 5.41) is 2.49. The van der Waals surface area contributed by atoms with E-state index >= 15 is 0 Å². The van der Waals surface area contributed by atoms with Gasteiger partial charge in [-0.3, -0.25) is 4.31 Å². The van der Waals surface area contributed by atoms with Crippen LogP contribution in [-0.2, 0) is 27.3 Å². The van der Waals surface area contributed by atoms with Gasteiger partial charge in [0.05, 0.1) is 11.4 Å². The predicted molar refractivity (Wildman–Crippen MR) is 143 cm³/mol. The SMILES string of the molecule is CCCCCN(CCCCC)C(=S)SN(c1ccccc1)c1cccc2ccccc12.[Cd]. The van der Waals surface area contributed by atoms with Gasteiger partial charge in [-0.1, -0.05) is 106 Å². The summed E-state index contributed by atoms with van der Waals surface area (Å²) in [5.74, 6) is 0. The molecule has 0 N–H and O–H groups in total. The van der Waals surface area contributed by atoms with Crippen LogP contribution in [0.15, 0.2) is 72.8 Å². The molecule has 0 amide bonds. The van der Waals surface area contributed by atoms with Crippen molar-refractivity contribution in [1.29, 1.82) is 0 Å². The summed E-state index contributed by atoms with van der Waals surface area (Å²) in [5.41, 5.74) is 2.33. The Balaban J connectivity index is 0.00000363. The minimum atomic E-state index is 0. The molecule has 0 aromatic heterocycles. The number of benzene rings is 3. The van der Waals surface area contributed by atoms with E-state index < -0.39 is 0 Å². The van der Waals surface area contributed by atoms with Crippen molar-refractivity contribution in [3.63, 3.8) is 0 Å². The van der Waals surface area contributed by atoms with Gasteiger partial charge in [-0.15, -0.1) is 0 Å². The van der Waals surface area contributed by atoms with E-state index in [0.29, 0.717) is 0 Å². The molecule has 0 spiro atoms. The Morgan fingerprint density at radius 3 is 2.00 bits per heavy atom. The number of fused-ring (bicyclic) bond motifs is 1. The zero-order valence-corrected chi connectivity index (χ0v) is 25.2. The molecule has 0 atom stereocenters. The molecule has 3 rings (SSSR count). The second-order valence-electron chi connectivity index (χ2n) is 7.89. The standard InChI is InChI=1S/C27H34N2S2.Cd/c1-3-5-12-21-28(22-13-6-4-2)27(30)31-29(24-17-8-7-9-18-24)26-20-14-16-23-15-10-11-19-25(23)26;/h7-11,14-20H,3-6,12-13,21-22H2,1-2H3;. The minimum Gasteiger partial charge on any atom is -0.356 e. The molecule has 0 saturated carbocycles. The second kappa shape index (κ2) is 14.9. The van der Waals surface area contributed by atoms with Gasteiger partial charge in [-0.25, -0.2) is 0 Å². The Morgan fingerprint density at radius 1 is 0.750 bits per heavy atom. The molecule has 0 saturated heterocycles. The van der Waals surface area contributed by atoms with Crippen molar-refractivity contribution in [2.24, 2.45) is 0 Å². The maximum absolute atomic E-state index is 6.02. The van der Waals surface area contributed by atoms with Gasteiger partial charge in [-0.2, -0.15) is 0 Å². The number of thiocarbonyl (C=S) groups is 1. The van der Waals surface area contributed by atoms with E-state index in [-0.39, 0.29) is 27.3 Å². The molecule has 0 heterocycles. The molecular weight excluding hydrogens is 529 g/mol. The maximum Gasteiger partial charge on any atom is 0.157 e. The monoisotopic (exact) mass is 564 g/mol. The summed E-state index contributed by atoms with van der Waals surface area (Å²) in [6.45, 7) is 6.60. The smallest absolute Gasteiger partial charge is 0.157 e. The third-order valence-electron chi connectivity index (χ3n) is 5.47. The average molecular weight is 563 g/mol. The Bertz CT molecular complexity index is 933. The van der Waals surface area contributed by atoms with E-state index in [1.807, 2.05) is 0 Å². The number of rotatable bonds is 11. The van der Waals surface area contributed by atoms with Crippen LogP contribution in [0.25, 0.3) is 10.8 Å². The van der Waals surface area contributed by atoms with Gasteiger partial charge >= 0.3 is 0 Å². The van der Waals surface area contributed by atoms with Gasteiger partial charge in [0, 0.05) is 57.7 Å². The van der Waals surface area contributed by atoms with Crippen LogP contribution < -0.4 is 4.31 Å². The van der Waals surface area contributed by atoms with E-state index in [4.69, 9.17) is 12.2 Å². The Hall–Kier alpha value is -1.12. The molecule has 0 radical (unpaired) electrons. The van der Waals surface area contributed by atoms with Crippen molar-refractivity contribution >= 4 is 50.6 Å².